The molecule has 0 nitrogen and oxygen atoms in total. The van der Waals surface area contributed by atoms with Crippen LogP contribution in [0.15, 0.2) is 0 Å². The highest BCUT2D eigenvalue weighted by Crippen LogP contribution is 2.07. The highest BCUT2D eigenvalue weighted by Gasteiger charge is 2.04. The maximum absolute atomic E-state index is 3.16. The molecule has 0 amide bonds. The monoisotopic (exact) mass is 148 g/mol. The summed E-state index contributed by atoms with van der Waals surface area (Å²) < 4.78 is 0. The Labute approximate surface area is 70.4 Å². The van der Waals surface area contributed by atoms with Crippen LogP contribution in [0.1, 0.15) is 34.1 Å². The van der Waals surface area contributed by atoms with Crippen molar-refractivity contribution in [1.29, 1.82) is 0 Å². The minimum absolute atomic E-state index is 0.402. The van der Waals surface area contributed by atoms with E-state index in [9.17, 15) is 0 Å². The topological polar surface area (TPSA) is 0 Å². The third kappa shape index (κ3) is 4.51. The van der Waals surface area contributed by atoms with E-state index in [2.05, 4.69) is 44.5 Å². The highest BCUT2D eigenvalue weighted by atomic mass is 14.1. The Hall–Kier alpha value is -0.880. The van der Waals surface area contributed by atoms with Gasteiger partial charge in [-0.05, 0) is 6.92 Å². The van der Waals surface area contributed by atoms with Crippen molar-refractivity contribution in [2.24, 2.45) is 11.8 Å². The predicted octanol–water partition coefficient (Wildman–Crippen LogP) is 2.70. The van der Waals surface area contributed by atoms with Crippen LogP contribution in [-0.2, 0) is 0 Å². The van der Waals surface area contributed by atoms with Crippen LogP contribution in [0.5, 0.6) is 0 Å². The van der Waals surface area contributed by atoms with Gasteiger partial charge in [-0.3, -0.25) is 0 Å². The molecule has 0 radical (unpaired) electrons. The molecular formula is C11H16. The van der Waals surface area contributed by atoms with Crippen LogP contribution in [0.2, 0.25) is 0 Å². The summed E-state index contributed by atoms with van der Waals surface area (Å²) in [6, 6.07) is 0. The third-order valence-electron chi connectivity index (χ3n) is 1.63. The zero-order chi connectivity index (χ0) is 8.69. The highest BCUT2D eigenvalue weighted by molar-refractivity contribution is 5.10. The van der Waals surface area contributed by atoms with E-state index < -0.39 is 0 Å². The molecular weight excluding hydrogens is 132 g/mol. The number of hydrogen-bond donors (Lipinski definition) is 0. The van der Waals surface area contributed by atoms with E-state index in [0.29, 0.717) is 11.8 Å². The fraction of sp³-hybridized carbons (Fsp3) is 0.636. The lowest BCUT2D eigenvalue weighted by Crippen LogP contribution is -2.02. The Kier molecular flexibility index (Phi) is 5.40. The second kappa shape index (κ2) is 5.87. The number of rotatable bonds is 1. The Morgan fingerprint density at radius 1 is 1.09 bits per heavy atom. The molecule has 0 saturated carbocycles. The van der Waals surface area contributed by atoms with Gasteiger partial charge in [-0.1, -0.05) is 32.6 Å². The summed E-state index contributed by atoms with van der Waals surface area (Å²) in [4.78, 5) is 0. The van der Waals surface area contributed by atoms with Gasteiger partial charge in [0.25, 0.3) is 0 Å². The van der Waals surface area contributed by atoms with E-state index in [1.165, 1.54) is 0 Å². The summed E-state index contributed by atoms with van der Waals surface area (Å²) in [7, 11) is 0. The van der Waals surface area contributed by atoms with Gasteiger partial charge in [-0.2, -0.15) is 0 Å². The molecule has 0 fully saturated rings. The van der Waals surface area contributed by atoms with Crippen molar-refractivity contribution in [3.05, 3.63) is 0 Å². The van der Waals surface area contributed by atoms with Crippen LogP contribution in [0, 0.1) is 35.5 Å². The zero-order valence-corrected chi connectivity index (χ0v) is 7.86. The molecule has 0 aromatic carbocycles. The lowest BCUT2D eigenvalue weighted by Gasteiger charge is -2.05. The van der Waals surface area contributed by atoms with Crippen molar-refractivity contribution in [2.75, 3.05) is 0 Å². The molecule has 11 heavy (non-hydrogen) atoms. The van der Waals surface area contributed by atoms with E-state index in [4.69, 9.17) is 0 Å². The Morgan fingerprint density at radius 2 is 1.64 bits per heavy atom. The molecule has 2 unspecified atom stereocenters. The lowest BCUT2D eigenvalue weighted by molar-refractivity contribution is 0.595. The summed E-state index contributed by atoms with van der Waals surface area (Å²) >= 11 is 0. The Morgan fingerprint density at radius 3 is 2.09 bits per heavy atom. The molecule has 0 rings (SSSR count). The predicted molar refractivity (Wildman–Crippen MR) is 49.8 cm³/mol. The van der Waals surface area contributed by atoms with Crippen LogP contribution < -0.4 is 0 Å². The molecule has 60 valence electrons. The summed E-state index contributed by atoms with van der Waals surface area (Å²) in [5.74, 6) is 13.0. The average Bonchev–Trinajstić information content (AvgIpc) is 2.00. The van der Waals surface area contributed by atoms with Gasteiger partial charge in [-0.15, -0.1) is 11.8 Å². The van der Waals surface area contributed by atoms with Gasteiger partial charge in [0, 0.05) is 18.3 Å². The van der Waals surface area contributed by atoms with Crippen LogP contribution in [0.4, 0.5) is 0 Å². The van der Waals surface area contributed by atoms with Crippen molar-refractivity contribution in [1.82, 2.24) is 0 Å². The zero-order valence-electron chi connectivity index (χ0n) is 7.86. The second-order valence-corrected chi connectivity index (χ2v) is 2.65. The smallest absolute Gasteiger partial charge is 0.0309 e. The van der Waals surface area contributed by atoms with Gasteiger partial charge < -0.3 is 0 Å². The molecule has 0 bridgehead atoms. The van der Waals surface area contributed by atoms with Gasteiger partial charge in [-0.25, -0.2) is 0 Å². The van der Waals surface area contributed by atoms with Crippen molar-refractivity contribution >= 4 is 0 Å². The molecule has 0 aliphatic heterocycles. The fourth-order valence-electron chi connectivity index (χ4n) is 0.741. The Balaban J connectivity index is 3.98. The fourth-order valence-corrected chi connectivity index (χ4v) is 0.741. The quantitative estimate of drug-likeness (QED) is 0.501. The molecule has 0 heterocycles. The van der Waals surface area contributed by atoms with Gasteiger partial charge in [0.05, 0.1) is 0 Å². The summed E-state index contributed by atoms with van der Waals surface area (Å²) in [6.07, 6.45) is 0.941. The van der Waals surface area contributed by atoms with Crippen molar-refractivity contribution in [3.63, 3.8) is 0 Å². The molecule has 0 saturated heterocycles. The van der Waals surface area contributed by atoms with Crippen LogP contribution in [-0.4, -0.2) is 0 Å². The first-order valence-electron chi connectivity index (χ1n) is 4.13. The first kappa shape index (κ1) is 10.1. The van der Waals surface area contributed by atoms with Gasteiger partial charge in [0.1, 0.15) is 0 Å². The summed E-state index contributed by atoms with van der Waals surface area (Å²) in [5.41, 5.74) is 0. The van der Waals surface area contributed by atoms with Gasteiger partial charge >= 0.3 is 0 Å². The van der Waals surface area contributed by atoms with Crippen LogP contribution >= 0.6 is 0 Å². The van der Waals surface area contributed by atoms with Gasteiger partial charge in [0.15, 0.2) is 0 Å². The Bertz CT molecular complexity index is 204. The SMILES string of the molecule is CC#CC(C)C(C)C#CCC. The maximum Gasteiger partial charge on any atom is 0.0309 e. The van der Waals surface area contributed by atoms with Crippen molar-refractivity contribution in [3.8, 4) is 23.7 Å². The van der Waals surface area contributed by atoms with Gasteiger partial charge in [0.2, 0.25) is 0 Å². The molecule has 0 N–H and O–H groups in total. The van der Waals surface area contributed by atoms with E-state index in [1.54, 1.807) is 0 Å². The van der Waals surface area contributed by atoms with E-state index >= 15 is 0 Å². The van der Waals surface area contributed by atoms with E-state index in [-0.39, 0.29) is 0 Å². The molecule has 0 aliphatic rings. The lowest BCUT2D eigenvalue weighted by atomic mass is 9.97. The minimum Gasteiger partial charge on any atom is -0.106 e. The van der Waals surface area contributed by atoms with Crippen LogP contribution in [0.3, 0.4) is 0 Å². The maximum atomic E-state index is 3.16. The first-order chi connectivity index (χ1) is 5.22. The largest absolute Gasteiger partial charge is 0.106 e. The summed E-state index contributed by atoms with van der Waals surface area (Å²) in [5, 5.41) is 0. The normalized spacial score (nSPS) is 13.5. The molecule has 0 aliphatic carbocycles. The molecule has 0 aromatic heterocycles. The van der Waals surface area contributed by atoms with Crippen molar-refractivity contribution < 1.29 is 0 Å². The van der Waals surface area contributed by atoms with Crippen LogP contribution in [0.25, 0.3) is 0 Å². The number of hydrogen-bond acceptors (Lipinski definition) is 0. The standard InChI is InChI=1S/C11H16/c1-5-7-9-11(4)10(3)8-6-2/h10-11H,5H2,1-4H3. The van der Waals surface area contributed by atoms with E-state index in [1.807, 2.05) is 6.92 Å². The molecule has 2 atom stereocenters. The van der Waals surface area contributed by atoms with E-state index in [0.717, 1.165) is 6.42 Å². The second-order valence-electron chi connectivity index (χ2n) is 2.65. The van der Waals surface area contributed by atoms with Crippen molar-refractivity contribution in [2.45, 2.75) is 34.1 Å². The molecule has 0 aromatic rings. The molecule has 0 spiro atoms. The summed E-state index contributed by atoms with van der Waals surface area (Å²) in [6.45, 7) is 8.18. The first-order valence-corrected chi connectivity index (χ1v) is 4.13. The minimum atomic E-state index is 0.402. The third-order valence-corrected chi connectivity index (χ3v) is 1.63. The average molecular weight is 148 g/mol. The molecule has 0 heteroatoms.